The van der Waals surface area contributed by atoms with E-state index in [1.165, 1.54) is 0 Å². The molecule has 0 bridgehead atoms. The van der Waals surface area contributed by atoms with Crippen molar-refractivity contribution in [3.63, 3.8) is 0 Å². The number of rotatable bonds is 5. The van der Waals surface area contributed by atoms with Crippen molar-refractivity contribution in [1.29, 1.82) is 0 Å². The van der Waals surface area contributed by atoms with Crippen LogP contribution in [-0.4, -0.2) is 61.4 Å². The van der Waals surface area contributed by atoms with Gasteiger partial charge in [-0.2, -0.15) is 5.10 Å². The van der Waals surface area contributed by atoms with Gasteiger partial charge in [-0.25, -0.2) is 0 Å². The average Bonchev–Trinajstić information content (AvgIpc) is 3.29. The fourth-order valence-corrected chi connectivity index (χ4v) is 3.47. The number of carbonyl (C=O) groups is 1. The molecule has 29 heavy (non-hydrogen) atoms. The number of aromatic nitrogens is 2. The van der Waals surface area contributed by atoms with Gasteiger partial charge >= 0.3 is 0 Å². The normalized spacial score (nSPS) is 14.0. The van der Waals surface area contributed by atoms with Gasteiger partial charge in [-0.3, -0.25) is 9.89 Å². The van der Waals surface area contributed by atoms with Gasteiger partial charge in [0.05, 0.1) is 19.9 Å². The fraction of sp³-hybridized carbons (Fsp3) is 0.273. The maximum absolute atomic E-state index is 12.8. The lowest BCUT2D eigenvalue weighted by Crippen LogP contribution is -2.48. The van der Waals surface area contributed by atoms with Crippen LogP contribution in [0.1, 0.15) is 10.4 Å². The molecule has 1 N–H and O–H groups in total. The first-order valence-electron chi connectivity index (χ1n) is 9.56. The SMILES string of the molecule is COc1ccc(-c2cc(N3CCN(C(=O)c4cccc(OC)c4)CC3)n[nH]2)cc1. The van der Waals surface area contributed by atoms with Gasteiger partial charge in [-0.1, -0.05) is 6.07 Å². The lowest BCUT2D eigenvalue weighted by molar-refractivity contribution is 0.0746. The minimum Gasteiger partial charge on any atom is -0.497 e. The summed E-state index contributed by atoms with van der Waals surface area (Å²) in [7, 11) is 3.26. The van der Waals surface area contributed by atoms with Crippen LogP contribution < -0.4 is 14.4 Å². The van der Waals surface area contributed by atoms with Crippen molar-refractivity contribution in [3.05, 3.63) is 60.2 Å². The maximum Gasteiger partial charge on any atom is 0.254 e. The highest BCUT2D eigenvalue weighted by atomic mass is 16.5. The highest BCUT2D eigenvalue weighted by Gasteiger charge is 2.23. The van der Waals surface area contributed by atoms with Crippen molar-refractivity contribution in [3.8, 4) is 22.8 Å². The molecule has 0 radical (unpaired) electrons. The molecule has 7 heteroatoms. The third-order valence-corrected chi connectivity index (χ3v) is 5.17. The molecule has 1 amide bonds. The summed E-state index contributed by atoms with van der Waals surface area (Å²) >= 11 is 0. The molecule has 0 atom stereocenters. The molecule has 0 aliphatic carbocycles. The third kappa shape index (κ3) is 4.03. The molecular weight excluding hydrogens is 368 g/mol. The number of amides is 1. The number of hydrogen-bond donors (Lipinski definition) is 1. The molecule has 1 fully saturated rings. The van der Waals surface area contributed by atoms with Gasteiger partial charge < -0.3 is 19.3 Å². The molecule has 1 aliphatic rings. The van der Waals surface area contributed by atoms with E-state index in [1.54, 1.807) is 20.3 Å². The molecule has 3 aromatic rings. The molecule has 150 valence electrons. The Morgan fingerprint density at radius 3 is 2.34 bits per heavy atom. The topological polar surface area (TPSA) is 70.7 Å². The van der Waals surface area contributed by atoms with Crippen LogP contribution in [0.2, 0.25) is 0 Å². The van der Waals surface area contributed by atoms with Crippen LogP contribution in [0.5, 0.6) is 11.5 Å². The van der Waals surface area contributed by atoms with Crippen LogP contribution in [0.3, 0.4) is 0 Å². The van der Waals surface area contributed by atoms with E-state index in [-0.39, 0.29) is 5.91 Å². The number of carbonyl (C=O) groups excluding carboxylic acids is 1. The van der Waals surface area contributed by atoms with Crippen LogP contribution in [0.15, 0.2) is 54.6 Å². The monoisotopic (exact) mass is 392 g/mol. The third-order valence-electron chi connectivity index (χ3n) is 5.17. The summed E-state index contributed by atoms with van der Waals surface area (Å²) in [6, 6.07) is 17.2. The second kappa shape index (κ2) is 8.26. The van der Waals surface area contributed by atoms with Crippen molar-refractivity contribution in [2.45, 2.75) is 0 Å². The lowest BCUT2D eigenvalue weighted by Gasteiger charge is -2.34. The zero-order chi connectivity index (χ0) is 20.2. The second-order valence-electron chi connectivity index (χ2n) is 6.88. The minimum atomic E-state index is 0.0319. The summed E-state index contributed by atoms with van der Waals surface area (Å²) in [5.74, 6) is 2.44. The zero-order valence-electron chi connectivity index (χ0n) is 16.6. The van der Waals surface area contributed by atoms with Gasteiger partial charge in [0.2, 0.25) is 0 Å². The number of aromatic amines is 1. The molecular formula is C22H24N4O3. The Balaban J connectivity index is 1.39. The van der Waals surface area contributed by atoms with Crippen LogP contribution >= 0.6 is 0 Å². The quantitative estimate of drug-likeness (QED) is 0.723. The van der Waals surface area contributed by atoms with E-state index in [2.05, 4.69) is 15.1 Å². The van der Waals surface area contributed by atoms with Gasteiger partial charge in [0.25, 0.3) is 5.91 Å². The minimum absolute atomic E-state index is 0.0319. The molecule has 4 rings (SSSR count). The molecule has 1 saturated heterocycles. The van der Waals surface area contributed by atoms with Gasteiger partial charge in [0, 0.05) is 37.8 Å². The number of anilines is 1. The van der Waals surface area contributed by atoms with E-state index in [9.17, 15) is 4.79 Å². The molecule has 2 heterocycles. The van der Waals surface area contributed by atoms with E-state index in [0.717, 1.165) is 35.9 Å². The predicted molar refractivity (Wildman–Crippen MR) is 112 cm³/mol. The van der Waals surface area contributed by atoms with E-state index in [4.69, 9.17) is 9.47 Å². The van der Waals surface area contributed by atoms with E-state index >= 15 is 0 Å². The van der Waals surface area contributed by atoms with Crippen molar-refractivity contribution in [2.75, 3.05) is 45.3 Å². The molecule has 7 nitrogen and oxygen atoms in total. The van der Waals surface area contributed by atoms with Crippen LogP contribution in [0, 0.1) is 0 Å². The summed E-state index contributed by atoms with van der Waals surface area (Å²) in [6.45, 7) is 2.78. The molecule has 0 unspecified atom stereocenters. The number of H-pyrrole nitrogens is 1. The highest BCUT2D eigenvalue weighted by Crippen LogP contribution is 2.25. The first-order valence-corrected chi connectivity index (χ1v) is 9.56. The largest absolute Gasteiger partial charge is 0.497 e. The van der Waals surface area contributed by atoms with Gasteiger partial charge in [0.15, 0.2) is 5.82 Å². The van der Waals surface area contributed by atoms with Gasteiger partial charge in [-0.15, -0.1) is 0 Å². The highest BCUT2D eigenvalue weighted by molar-refractivity contribution is 5.94. The average molecular weight is 392 g/mol. The Hall–Kier alpha value is -3.48. The van der Waals surface area contributed by atoms with Crippen molar-refractivity contribution in [1.82, 2.24) is 15.1 Å². The Labute approximate surface area is 169 Å². The van der Waals surface area contributed by atoms with Crippen LogP contribution in [-0.2, 0) is 0 Å². The summed E-state index contributed by atoms with van der Waals surface area (Å²) in [5, 5.41) is 7.56. The van der Waals surface area contributed by atoms with Crippen molar-refractivity contribution < 1.29 is 14.3 Å². The lowest BCUT2D eigenvalue weighted by atomic mass is 10.1. The number of hydrogen-bond acceptors (Lipinski definition) is 5. The first-order chi connectivity index (χ1) is 14.2. The molecule has 0 saturated carbocycles. The Morgan fingerprint density at radius 2 is 1.66 bits per heavy atom. The number of piperazine rings is 1. The zero-order valence-corrected chi connectivity index (χ0v) is 16.6. The van der Waals surface area contributed by atoms with Crippen LogP contribution in [0.4, 0.5) is 5.82 Å². The van der Waals surface area contributed by atoms with Gasteiger partial charge in [-0.05, 0) is 48.0 Å². The second-order valence-corrected chi connectivity index (χ2v) is 6.88. The number of methoxy groups -OCH3 is 2. The Kier molecular flexibility index (Phi) is 5.37. The summed E-state index contributed by atoms with van der Waals surface area (Å²) in [4.78, 5) is 16.8. The summed E-state index contributed by atoms with van der Waals surface area (Å²) in [5.41, 5.74) is 2.66. The maximum atomic E-state index is 12.8. The summed E-state index contributed by atoms with van der Waals surface area (Å²) in [6.07, 6.45) is 0. The number of nitrogens with zero attached hydrogens (tertiary/aromatic N) is 3. The molecule has 1 aromatic heterocycles. The fourth-order valence-electron chi connectivity index (χ4n) is 3.47. The number of benzene rings is 2. The van der Waals surface area contributed by atoms with E-state index < -0.39 is 0 Å². The Bertz CT molecular complexity index is 976. The number of ether oxygens (including phenoxy) is 2. The smallest absolute Gasteiger partial charge is 0.254 e. The molecule has 2 aromatic carbocycles. The standard InChI is InChI=1S/C22H24N4O3/c1-28-18-8-6-16(7-9-18)20-15-21(24-23-20)25-10-12-26(13-11-25)22(27)17-4-3-5-19(14-17)29-2/h3-9,14-15H,10-13H2,1-2H3,(H,23,24). The van der Waals surface area contributed by atoms with Gasteiger partial charge in [0.1, 0.15) is 11.5 Å². The Morgan fingerprint density at radius 1 is 0.931 bits per heavy atom. The number of nitrogens with one attached hydrogen (secondary N) is 1. The summed E-state index contributed by atoms with van der Waals surface area (Å²) < 4.78 is 10.4. The van der Waals surface area contributed by atoms with E-state index in [1.807, 2.05) is 53.4 Å². The van der Waals surface area contributed by atoms with Crippen LogP contribution in [0.25, 0.3) is 11.3 Å². The van der Waals surface area contributed by atoms with Crippen molar-refractivity contribution >= 4 is 11.7 Å². The molecule has 1 aliphatic heterocycles. The van der Waals surface area contributed by atoms with E-state index in [0.29, 0.717) is 24.4 Å². The molecule has 0 spiro atoms. The first kappa shape index (κ1) is 18.9. The van der Waals surface area contributed by atoms with Crippen molar-refractivity contribution in [2.24, 2.45) is 0 Å². The predicted octanol–water partition coefficient (Wildman–Crippen LogP) is 3.06.